The molecule has 1 atom stereocenters. The molecule has 1 aromatic heterocycles. The summed E-state index contributed by atoms with van der Waals surface area (Å²) in [4.78, 5) is 19.8. The van der Waals surface area contributed by atoms with Gasteiger partial charge in [-0.1, -0.05) is 0 Å². The number of carboxylic acids is 1. The Kier molecular flexibility index (Phi) is 4.73. The van der Waals surface area contributed by atoms with E-state index in [9.17, 15) is 15.0 Å². The maximum atomic E-state index is 11.1. The second-order valence-corrected chi connectivity index (χ2v) is 7.88. The van der Waals surface area contributed by atoms with Gasteiger partial charge >= 0.3 is 5.97 Å². The molecule has 0 saturated heterocycles. The number of rotatable bonds is 5. The number of phenols is 2. The van der Waals surface area contributed by atoms with Crippen molar-refractivity contribution < 1.29 is 29.6 Å². The van der Waals surface area contributed by atoms with E-state index in [0.717, 1.165) is 16.3 Å². The van der Waals surface area contributed by atoms with Crippen molar-refractivity contribution in [2.45, 2.75) is 6.04 Å². The van der Waals surface area contributed by atoms with Crippen LogP contribution in [0.25, 0.3) is 10.2 Å². The van der Waals surface area contributed by atoms with Crippen LogP contribution in [-0.4, -0.2) is 50.2 Å². The van der Waals surface area contributed by atoms with Gasteiger partial charge in [0.15, 0.2) is 29.0 Å². The smallest absolute Gasteiger partial charge is 0.329 e. The van der Waals surface area contributed by atoms with E-state index in [1.54, 1.807) is 18.2 Å². The Morgan fingerprint density at radius 1 is 1.18 bits per heavy atom. The number of benzene rings is 2. The van der Waals surface area contributed by atoms with Crippen LogP contribution >= 0.6 is 23.1 Å². The van der Waals surface area contributed by atoms with Crippen molar-refractivity contribution in [1.29, 1.82) is 0 Å². The summed E-state index contributed by atoms with van der Waals surface area (Å²) in [6.45, 7) is 0. The van der Waals surface area contributed by atoms with Gasteiger partial charge in [0.05, 0.1) is 17.3 Å². The molecule has 8 nitrogen and oxygen atoms in total. The lowest BCUT2D eigenvalue weighted by atomic mass is 10.2. The number of thioether (sulfide) groups is 1. The van der Waals surface area contributed by atoms with Crippen molar-refractivity contribution in [3.05, 3.63) is 35.3 Å². The summed E-state index contributed by atoms with van der Waals surface area (Å²) in [5.41, 5.74) is 0.738. The Labute approximate surface area is 167 Å². The number of methoxy groups -OCH3 is 1. The molecule has 1 aliphatic heterocycles. The van der Waals surface area contributed by atoms with Crippen molar-refractivity contribution in [3.8, 4) is 28.7 Å². The van der Waals surface area contributed by atoms with Crippen LogP contribution in [0.2, 0.25) is 0 Å². The van der Waals surface area contributed by atoms with E-state index in [2.05, 4.69) is 9.98 Å². The van der Waals surface area contributed by atoms with Gasteiger partial charge in [-0.25, -0.2) is 9.78 Å². The van der Waals surface area contributed by atoms with Gasteiger partial charge in [-0.2, -0.15) is 0 Å². The molecule has 3 aromatic rings. The number of phenolic OH excluding ortho intramolecular Hbond substituents is 2. The van der Waals surface area contributed by atoms with Crippen LogP contribution in [0.5, 0.6) is 28.7 Å². The van der Waals surface area contributed by atoms with Crippen molar-refractivity contribution in [2.75, 3.05) is 12.9 Å². The standard InChI is InChI=1S/C18H14N2O6S2/c1-25-13-6-14(12(22)5-11(13)21)26-8-2-3-9-15(4-8)28-17(19-9)16-20-10(7-27-16)18(23)24/h2-6,10,21-22H,7H2,1H3,(H,23,24)/t10-/m1/s1. The van der Waals surface area contributed by atoms with E-state index < -0.39 is 12.0 Å². The van der Waals surface area contributed by atoms with E-state index in [-0.39, 0.29) is 23.0 Å². The Balaban J connectivity index is 1.63. The predicted molar refractivity (Wildman–Crippen MR) is 106 cm³/mol. The van der Waals surface area contributed by atoms with E-state index in [4.69, 9.17) is 14.6 Å². The highest BCUT2D eigenvalue weighted by atomic mass is 32.2. The first-order valence-corrected chi connectivity index (χ1v) is 9.87. The van der Waals surface area contributed by atoms with Crippen LogP contribution in [-0.2, 0) is 4.79 Å². The maximum absolute atomic E-state index is 11.1. The fourth-order valence-corrected chi connectivity index (χ4v) is 4.68. The minimum absolute atomic E-state index is 0.138. The number of thiazole rings is 1. The zero-order valence-corrected chi connectivity index (χ0v) is 16.1. The van der Waals surface area contributed by atoms with Crippen LogP contribution in [0.1, 0.15) is 5.01 Å². The molecule has 0 amide bonds. The molecule has 0 spiro atoms. The van der Waals surface area contributed by atoms with Crippen LogP contribution in [0.3, 0.4) is 0 Å². The summed E-state index contributed by atoms with van der Waals surface area (Å²) in [6, 6.07) is 7.04. The summed E-state index contributed by atoms with van der Waals surface area (Å²) >= 11 is 2.76. The minimum Gasteiger partial charge on any atom is -0.504 e. The van der Waals surface area contributed by atoms with Crippen molar-refractivity contribution in [2.24, 2.45) is 4.99 Å². The summed E-state index contributed by atoms with van der Waals surface area (Å²) in [7, 11) is 1.40. The molecule has 0 saturated carbocycles. The van der Waals surface area contributed by atoms with E-state index in [1.807, 2.05) is 0 Å². The van der Waals surface area contributed by atoms with Gasteiger partial charge in [0, 0.05) is 24.0 Å². The Morgan fingerprint density at radius 2 is 1.96 bits per heavy atom. The number of hydrogen-bond donors (Lipinski definition) is 3. The maximum Gasteiger partial charge on any atom is 0.329 e. The first kappa shape index (κ1) is 18.4. The zero-order valence-electron chi connectivity index (χ0n) is 14.4. The number of aliphatic carboxylic acids is 1. The van der Waals surface area contributed by atoms with Gasteiger partial charge in [-0.05, 0) is 12.1 Å². The van der Waals surface area contributed by atoms with E-state index >= 15 is 0 Å². The SMILES string of the molecule is COc1cc(Oc2ccc3nc(C4=N[C@@H](C(=O)O)CS4)sc3c2)c(O)cc1O. The highest BCUT2D eigenvalue weighted by molar-refractivity contribution is 8.15. The van der Waals surface area contributed by atoms with Crippen LogP contribution < -0.4 is 9.47 Å². The third kappa shape index (κ3) is 3.43. The number of aromatic hydroxyl groups is 2. The molecule has 0 unspecified atom stereocenters. The highest BCUT2D eigenvalue weighted by Gasteiger charge is 2.27. The Morgan fingerprint density at radius 3 is 2.68 bits per heavy atom. The number of ether oxygens (including phenoxy) is 2. The number of hydrogen-bond acceptors (Lipinski definition) is 9. The molecule has 2 heterocycles. The van der Waals surface area contributed by atoms with Crippen molar-refractivity contribution >= 4 is 44.3 Å². The summed E-state index contributed by atoms with van der Waals surface area (Å²) in [5.74, 6) is -0.170. The number of aliphatic imine (C=N–C) groups is 1. The third-order valence-corrected chi connectivity index (χ3v) is 6.18. The largest absolute Gasteiger partial charge is 0.504 e. The summed E-state index contributed by atoms with van der Waals surface area (Å²) in [5, 5.41) is 30.0. The van der Waals surface area contributed by atoms with Gasteiger partial charge in [-0.15, -0.1) is 23.1 Å². The van der Waals surface area contributed by atoms with Crippen LogP contribution in [0.4, 0.5) is 0 Å². The molecule has 4 rings (SSSR count). The van der Waals surface area contributed by atoms with Crippen molar-refractivity contribution in [3.63, 3.8) is 0 Å². The lowest BCUT2D eigenvalue weighted by Gasteiger charge is -2.10. The first-order valence-electron chi connectivity index (χ1n) is 8.07. The average Bonchev–Trinajstić information content (AvgIpc) is 3.30. The average molecular weight is 418 g/mol. The molecule has 10 heteroatoms. The lowest BCUT2D eigenvalue weighted by Crippen LogP contribution is -2.17. The van der Waals surface area contributed by atoms with Gasteiger partial charge in [-0.3, -0.25) is 4.99 Å². The normalized spacial score (nSPS) is 16.2. The molecule has 0 fully saturated rings. The first-order chi connectivity index (χ1) is 13.4. The van der Waals surface area contributed by atoms with Crippen molar-refractivity contribution in [1.82, 2.24) is 4.98 Å². The van der Waals surface area contributed by atoms with Crippen LogP contribution in [0, 0.1) is 0 Å². The van der Waals surface area contributed by atoms with Gasteiger partial charge in [0.2, 0.25) is 0 Å². The molecule has 0 radical (unpaired) electrons. The molecule has 144 valence electrons. The number of fused-ring (bicyclic) bond motifs is 1. The molecule has 28 heavy (non-hydrogen) atoms. The lowest BCUT2D eigenvalue weighted by molar-refractivity contribution is -0.137. The van der Waals surface area contributed by atoms with Gasteiger partial charge < -0.3 is 24.8 Å². The summed E-state index contributed by atoms with van der Waals surface area (Å²) in [6.07, 6.45) is 0. The highest BCUT2D eigenvalue weighted by Crippen LogP contribution is 2.41. The fraction of sp³-hybridized carbons (Fsp3) is 0.167. The molecular formula is C18H14N2O6S2. The number of nitrogens with zero attached hydrogens (tertiary/aromatic N) is 2. The van der Waals surface area contributed by atoms with Gasteiger partial charge in [0.1, 0.15) is 15.8 Å². The quantitative estimate of drug-likeness (QED) is 0.576. The fourth-order valence-electron chi connectivity index (χ4n) is 2.59. The second-order valence-electron chi connectivity index (χ2n) is 5.84. The molecule has 1 aliphatic rings. The topological polar surface area (TPSA) is 121 Å². The van der Waals surface area contributed by atoms with Crippen LogP contribution in [0.15, 0.2) is 35.3 Å². The Hall–Kier alpha value is -2.98. The van der Waals surface area contributed by atoms with E-state index in [1.165, 1.54) is 36.3 Å². The monoisotopic (exact) mass is 418 g/mol. The second kappa shape index (κ2) is 7.21. The predicted octanol–water partition coefficient (Wildman–Crippen LogP) is 3.46. The molecule has 3 N–H and O–H groups in total. The molecule has 0 aliphatic carbocycles. The number of carbonyl (C=O) groups is 1. The Bertz CT molecular complexity index is 1110. The molecule has 0 bridgehead atoms. The zero-order chi connectivity index (χ0) is 19.8. The van der Waals surface area contributed by atoms with E-state index in [0.29, 0.717) is 21.6 Å². The van der Waals surface area contributed by atoms with Gasteiger partial charge in [0.25, 0.3) is 0 Å². The summed E-state index contributed by atoms with van der Waals surface area (Å²) < 4.78 is 11.6. The number of carboxylic acid groups (broad SMARTS) is 1. The minimum atomic E-state index is -0.941. The third-order valence-electron chi connectivity index (χ3n) is 3.97. The molecule has 2 aromatic carbocycles. The molecular weight excluding hydrogens is 404 g/mol. The number of aromatic nitrogens is 1.